The summed E-state index contributed by atoms with van der Waals surface area (Å²) in [5.41, 5.74) is 3.94. The van der Waals surface area contributed by atoms with Crippen LogP contribution < -0.4 is 10.1 Å². The van der Waals surface area contributed by atoms with E-state index in [0.29, 0.717) is 13.0 Å². The number of amides is 1. The zero-order valence-corrected chi connectivity index (χ0v) is 16.5. The van der Waals surface area contributed by atoms with Crippen LogP contribution >= 0.6 is 0 Å². The maximum absolute atomic E-state index is 12.3. The number of ether oxygens (including phenoxy) is 1. The van der Waals surface area contributed by atoms with Gasteiger partial charge in [-0.3, -0.25) is 4.79 Å². The first kappa shape index (κ1) is 18.3. The van der Waals surface area contributed by atoms with Crippen LogP contribution in [0.15, 0.2) is 35.0 Å². The number of nitrogens with one attached hydrogen (secondary N) is 1. The van der Waals surface area contributed by atoms with Crippen LogP contribution in [0.5, 0.6) is 5.75 Å². The van der Waals surface area contributed by atoms with Gasteiger partial charge in [0.05, 0.1) is 17.5 Å². The van der Waals surface area contributed by atoms with E-state index in [1.165, 1.54) is 0 Å². The van der Waals surface area contributed by atoms with E-state index < -0.39 is 0 Å². The predicted octanol–water partition coefficient (Wildman–Crippen LogP) is 4.12. The number of hydrogen-bond acceptors (Lipinski definition) is 5. The third-order valence-electron chi connectivity index (χ3n) is 5.18. The van der Waals surface area contributed by atoms with Crippen molar-refractivity contribution < 1.29 is 14.1 Å². The topological polar surface area (TPSA) is 82.2 Å². The first-order chi connectivity index (χ1) is 13.4. The molecule has 0 aliphatic carbocycles. The van der Waals surface area contributed by atoms with Crippen molar-refractivity contribution in [2.75, 3.05) is 5.32 Å². The average molecular weight is 380 g/mol. The standard InChI is InChI=1S/C21H24N4O3/c1-12(2)25-21-18(10-22-25)17(9-20(26)23-21)15-5-7-16(8-6-15)27-11-19-13(3)24-28-14(19)4/h5-8,10,12,17H,9,11H2,1-4H3,(H,23,26)/t17-/m1/s1. The number of aromatic nitrogens is 3. The van der Waals surface area contributed by atoms with Crippen LogP contribution in [0.2, 0.25) is 0 Å². The Kier molecular flexibility index (Phi) is 4.66. The molecule has 3 aromatic rings. The number of aryl methyl sites for hydroxylation is 2. The number of anilines is 1. The summed E-state index contributed by atoms with van der Waals surface area (Å²) >= 11 is 0. The molecule has 1 aliphatic heterocycles. The zero-order valence-electron chi connectivity index (χ0n) is 16.5. The first-order valence-electron chi connectivity index (χ1n) is 9.45. The quantitative estimate of drug-likeness (QED) is 0.720. The summed E-state index contributed by atoms with van der Waals surface area (Å²) in [6.45, 7) is 8.30. The van der Waals surface area contributed by atoms with Crippen molar-refractivity contribution in [1.82, 2.24) is 14.9 Å². The Morgan fingerprint density at radius 1 is 1.29 bits per heavy atom. The number of hydrogen-bond donors (Lipinski definition) is 1. The molecule has 0 saturated carbocycles. The molecule has 0 radical (unpaired) electrons. The van der Waals surface area contributed by atoms with Crippen LogP contribution in [0.25, 0.3) is 0 Å². The summed E-state index contributed by atoms with van der Waals surface area (Å²) in [5, 5.41) is 11.4. The maximum atomic E-state index is 12.3. The minimum Gasteiger partial charge on any atom is -0.489 e. The van der Waals surface area contributed by atoms with Gasteiger partial charge in [0.2, 0.25) is 5.91 Å². The van der Waals surface area contributed by atoms with Gasteiger partial charge in [0, 0.05) is 23.9 Å². The Morgan fingerprint density at radius 2 is 2.04 bits per heavy atom. The molecule has 1 amide bonds. The Balaban J connectivity index is 1.54. The normalized spacial score (nSPS) is 16.2. The highest BCUT2D eigenvalue weighted by atomic mass is 16.5. The average Bonchev–Trinajstić information content (AvgIpc) is 3.23. The molecule has 0 unspecified atom stereocenters. The lowest BCUT2D eigenvalue weighted by molar-refractivity contribution is -0.116. The van der Waals surface area contributed by atoms with E-state index in [4.69, 9.17) is 9.26 Å². The van der Waals surface area contributed by atoms with Crippen molar-refractivity contribution in [2.24, 2.45) is 0 Å². The van der Waals surface area contributed by atoms with Crippen molar-refractivity contribution in [3.8, 4) is 5.75 Å². The highest BCUT2D eigenvalue weighted by Crippen LogP contribution is 2.38. The Labute approximate surface area is 163 Å². The molecule has 3 heterocycles. The van der Waals surface area contributed by atoms with Crippen molar-refractivity contribution >= 4 is 11.7 Å². The molecule has 7 heteroatoms. The summed E-state index contributed by atoms with van der Waals surface area (Å²) in [6, 6.07) is 8.09. The Bertz CT molecular complexity index is 982. The summed E-state index contributed by atoms with van der Waals surface area (Å²) < 4.78 is 12.9. The van der Waals surface area contributed by atoms with Gasteiger partial charge in [-0.1, -0.05) is 17.3 Å². The SMILES string of the molecule is Cc1noc(C)c1COc1ccc([C@H]2CC(=O)Nc3c2cnn3C(C)C)cc1. The Hall–Kier alpha value is -3.09. The molecule has 0 spiro atoms. The fourth-order valence-corrected chi connectivity index (χ4v) is 3.59. The van der Waals surface area contributed by atoms with Gasteiger partial charge in [0.15, 0.2) is 0 Å². The van der Waals surface area contributed by atoms with Crippen LogP contribution in [0.1, 0.15) is 60.4 Å². The molecule has 0 bridgehead atoms. The third-order valence-corrected chi connectivity index (χ3v) is 5.18. The van der Waals surface area contributed by atoms with Crippen LogP contribution in [0, 0.1) is 13.8 Å². The smallest absolute Gasteiger partial charge is 0.226 e. The minimum atomic E-state index is -0.00661. The maximum Gasteiger partial charge on any atom is 0.226 e. The van der Waals surface area contributed by atoms with Crippen LogP contribution in [0.4, 0.5) is 5.82 Å². The monoisotopic (exact) mass is 380 g/mol. The van der Waals surface area contributed by atoms with E-state index in [1.807, 2.05) is 62.8 Å². The lowest BCUT2D eigenvalue weighted by Crippen LogP contribution is -2.25. The number of carbonyl (C=O) groups excluding carboxylic acids is 1. The molecule has 1 aromatic carbocycles. The second-order valence-corrected chi connectivity index (χ2v) is 7.45. The molecule has 2 aromatic heterocycles. The van der Waals surface area contributed by atoms with Crippen molar-refractivity contribution in [2.45, 2.75) is 52.7 Å². The molecule has 1 N–H and O–H groups in total. The van der Waals surface area contributed by atoms with Crippen LogP contribution in [0.3, 0.4) is 0 Å². The van der Waals surface area contributed by atoms with Gasteiger partial charge < -0.3 is 14.6 Å². The predicted molar refractivity (Wildman–Crippen MR) is 104 cm³/mol. The number of carbonyl (C=O) groups is 1. The van der Waals surface area contributed by atoms with Gasteiger partial charge in [0.1, 0.15) is 23.9 Å². The van der Waals surface area contributed by atoms with Gasteiger partial charge >= 0.3 is 0 Å². The lowest BCUT2D eigenvalue weighted by Gasteiger charge is -2.24. The molecule has 0 fully saturated rings. The zero-order chi connectivity index (χ0) is 19.8. The first-order valence-corrected chi connectivity index (χ1v) is 9.45. The van der Waals surface area contributed by atoms with E-state index in [9.17, 15) is 4.79 Å². The van der Waals surface area contributed by atoms with E-state index >= 15 is 0 Å². The van der Waals surface area contributed by atoms with E-state index in [2.05, 4.69) is 15.6 Å². The van der Waals surface area contributed by atoms with Gasteiger partial charge in [-0.2, -0.15) is 5.10 Å². The number of rotatable bonds is 5. The van der Waals surface area contributed by atoms with Crippen molar-refractivity contribution in [3.05, 3.63) is 58.6 Å². The van der Waals surface area contributed by atoms with Crippen LogP contribution in [-0.2, 0) is 11.4 Å². The van der Waals surface area contributed by atoms with Gasteiger partial charge in [0.25, 0.3) is 0 Å². The fourth-order valence-electron chi connectivity index (χ4n) is 3.59. The molecule has 28 heavy (non-hydrogen) atoms. The number of fused-ring (bicyclic) bond motifs is 1. The lowest BCUT2D eigenvalue weighted by atomic mass is 9.87. The van der Waals surface area contributed by atoms with E-state index in [0.717, 1.165) is 39.7 Å². The third kappa shape index (κ3) is 3.28. The molecular formula is C21H24N4O3. The highest BCUT2D eigenvalue weighted by molar-refractivity contribution is 5.94. The molecule has 4 rings (SSSR count). The molecular weight excluding hydrogens is 356 g/mol. The second-order valence-electron chi connectivity index (χ2n) is 7.45. The number of benzene rings is 1. The molecule has 1 atom stereocenters. The van der Waals surface area contributed by atoms with E-state index in [-0.39, 0.29) is 17.9 Å². The van der Waals surface area contributed by atoms with Crippen LogP contribution in [-0.4, -0.2) is 20.8 Å². The van der Waals surface area contributed by atoms with Crippen molar-refractivity contribution in [3.63, 3.8) is 0 Å². The summed E-state index contributed by atoms with van der Waals surface area (Å²) in [7, 11) is 0. The molecule has 0 saturated heterocycles. The minimum absolute atomic E-state index is 0.00661. The van der Waals surface area contributed by atoms with Crippen molar-refractivity contribution in [1.29, 1.82) is 0 Å². The summed E-state index contributed by atoms with van der Waals surface area (Å²) in [4.78, 5) is 12.3. The number of nitrogens with zero attached hydrogens (tertiary/aromatic N) is 3. The largest absolute Gasteiger partial charge is 0.489 e. The second kappa shape index (κ2) is 7.14. The van der Waals surface area contributed by atoms with Gasteiger partial charge in [-0.15, -0.1) is 0 Å². The Morgan fingerprint density at radius 3 is 2.68 bits per heavy atom. The summed E-state index contributed by atoms with van der Waals surface area (Å²) in [5.74, 6) is 2.35. The summed E-state index contributed by atoms with van der Waals surface area (Å²) in [6.07, 6.45) is 2.28. The van der Waals surface area contributed by atoms with E-state index in [1.54, 1.807) is 0 Å². The fraction of sp³-hybridized carbons (Fsp3) is 0.381. The highest BCUT2D eigenvalue weighted by Gasteiger charge is 2.30. The molecule has 146 valence electrons. The van der Waals surface area contributed by atoms with Gasteiger partial charge in [-0.25, -0.2) is 4.68 Å². The molecule has 1 aliphatic rings. The van der Waals surface area contributed by atoms with Gasteiger partial charge in [-0.05, 0) is 45.4 Å². The molecule has 7 nitrogen and oxygen atoms in total.